The lowest BCUT2D eigenvalue weighted by Gasteiger charge is -2.23. The minimum atomic E-state index is -4.21. The summed E-state index contributed by atoms with van der Waals surface area (Å²) in [7, 11) is -4.21. The van der Waals surface area contributed by atoms with Crippen molar-refractivity contribution in [2.45, 2.75) is 18.4 Å². The second kappa shape index (κ2) is 9.03. The van der Waals surface area contributed by atoms with Crippen LogP contribution in [0.25, 0.3) is 22.0 Å². The fourth-order valence-electron chi connectivity index (χ4n) is 3.96. The number of nitrogens with zero attached hydrogens (tertiary/aromatic N) is 2. The molecule has 0 atom stereocenters. The quantitative estimate of drug-likeness (QED) is 0.390. The number of aromatic nitrogens is 1. The van der Waals surface area contributed by atoms with Gasteiger partial charge < -0.3 is 14.8 Å². The molecule has 0 saturated carbocycles. The minimum absolute atomic E-state index is 0.0250. The largest absolute Gasteiger partial charge is 0.480 e. The number of fused-ring (bicyclic) bond motifs is 1. The van der Waals surface area contributed by atoms with Crippen molar-refractivity contribution in [1.29, 1.82) is 0 Å². The summed E-state index contributed by atoms with van der Waals surface area (Å²) in [6.07, 6.45) is 0. The first-order chi connectivity index (χ1) is 16.2. The zero-order valence-electron chi connectivity index (χ0n) is 18.2. The van der Waals surface area contributed by atoms with Crippen LogP contribution in [-0.4, -0.2) is 41.7 Å². The van der Waals surface area contributed by atoms with Gasteiger partial charge in [-0.05, 0) is 54.1 Å². The minimum Gasteiger partial charge on any atom is -0.480 e. The number of rotatable bonds is 8. The maximum atomic E-state index is 13.6. The first-order valence-electron chi connectivity index (χ1n) is 10.5. The van der Waals surface area contributed by atoms with E-state index in [0.717, 1.165) is 15.1 Å². The molecule has 0 saturated heterocycles. The molecular weight excluding hydrogens is 456 g/mol. The Morgan fingerprint density at radius 1 is 0.882 bits per heavy atom. The van der Waals surface area contributed by atoms with Crippen molar-refractivity contribution in [1.82, 2.24) is 4.57 Å². The van der Waals surface area contributed by atoms with Crippen LogP contribution in [0.5, 0.6) is 0 Å². The summed E-state index contributed by atoms with van der Waals surface area (Å²) in [5.74, 6) is -2.38. The molecule has 4 aromatic rings. The van der Waals surface area contributed by atoms with Gasteiger partial charge in [-0.3, -0.25) is 9.10 Å². The predicted molar refractivity (Wildman–Crippen MR) is 129 cm³/mol. The highest BCUT2D eigenvalue weighted by molar-refractivity contribution is 7.92. The number of aromatic carboxylic acids is 1. The van der Waals surface area contributed by atoms with Crippen molar-refractivity contribution in [3.05, 3.63) is 84.6 Å². The molecule has 0 spiro atoms. The van der Waals surface area contributed by atoms with Crippen LogP contribution < -0.4 is 4.31 Å². The third kappa shape index (κ3) is 4.25. The van der Waals surface area contributed by atoms with Gasteiger partial charge in [0.15, 0.2) is 0 Å². The molecule has 0 fully saturated rings. The summed E-state index contributed by atoms with van der Waals surface area (Å²) < 4.78 is 29.6. The van der Waals surface area contributed by atoms with Gasteiger partial charge in [0.25, 0.3) is 10.0 Å². The highest BCUT2D eigenvalue weighted by Gasteiger charge is 2.28. The van der Waals surface area contributed by atoms with Crippen molar-refractivity contribution in [3.8, 4) is 11.3 Å². The molecule has 1 aromatic heterocycles. The molecule has 0 bridgehead atoms. The van der Waals surface area contributed by atoms with Gasteiger partial charge in [-0.2, -0.15) is 0 Å². The van der Waals surface area contributed by atoms with Gasteiger partial charge in [-0.15, -0.1) is 0 Å². The van der Waals surface area contributed by atoms with E-state index in [1.54, 1.807) is 54.0 Å². The Labute approximate surface area is 196 Å². The molecule has 2 N–H and O–H groups in total. The predicted octanol–water partition coefficient (Wildman–Crippen LogP) is 4.31. The van der Waals surface area contributed by atoms with Crippen molar-refractivity contribution in [3.63, 3.8) is 0 Å². The van der Waals surface area contributed by atoms with Crippen LogP contribution in [0.15, 0.2) is 83.8 Å². The van der Waals surface area contributed by atoms with Crippen molar-refractivity contribution in [2.75, 3.05) is 10.8 Å². The average Bonchev–Trinajstić information content (AvgIpc) is 3.27. The van der Waals surface area contributed by atoms with Crippen LogP contribution in [-0.2, 0) is 21.4 Å². The van der Waals surface area contributed by atoms with Crippen LogP contribution in [0.4, 0.5) is 5.69 Å². The monoisotopic (exact) mass is 478 g/mol. The lowest BCUT2D eigenvalue weighted by Crippen LogP contribution is -2.35. The van der Waals surface area contributed by atoms with Crippen LogP contribution in [0.1, 0.15) is 17.4 Å². The zero-order chi connectivity index (χ0) is 24.5. The Morgan fingerprint density at radius 3 is 2.29 bits per heavy atom. The summed E-state index contributed by atoms with van der Waals surface area (Å²) >= 11 is 0. The molecule has 8 nitrogen and oxygen atoms in total. The number of hydrogen-bond acceptors (Lipinski definition) is 4. The van der Waals surface area contributed by atoms with Gasteiger partial charge in [0.2, 0.25) is 0 Å². The summed E-state index contributed by atoms with van der Waals surface area (Å²) in [4.78, 5) is 23.1. The standard InChI is InChI=1S/C25H22N2O6S/c1-2-26-22(12-13-23(26)25(30)31)19-8-5-9-20(14-19)27(16-24(28)29)34(32,33)21-11-10-17-6-3-4-7-18(17)15-21/h3-15H,2,16H2,1H3,(H,28,29)(H,30,31). The third-order valence-electron chi connectivity index (χ3n) is 5.53. The molecule has 4 rings (SSSR count). The Bertz CT molecular complexity index is 1510. The van der Waals surface area contributed by atoms with Crippen LogP contribution in [0.3, 0.4) is 0 Å². The summed E-state index contributed by atoms with van der Waals surface area (Å²) in [5.41, 5.74) is 1.42. The Morgan fingerprint density at radius 2 is 1.62 bits per heavy atom. The van der Waals surface area contributed by atoms with Crippen LogP contribution in [0, 0.1) is 0 Å². The number of aliphatic carboxylic acids is 1. The number of anilines is 1. The number of hydrogen-bond donors (Lipinski definition) is 2. The maximum Gasteiger partial charge on any atom is 0.352 e. The van der Waals surface area contributed by atoms with E-state index in [9.17, 15) is 28.2 Å². The van der Waals surface area contributed by atoms with Gasteiger partial charge in [-0.1, -0.05) is 42.5 Å². The Kier molecular flexibility index (Phi) is 6.12. The lowest BCUT2D eigenvalue weighted by molar-refractivity contribution is -0.135. The summed E-state index contributed by atoms with van der Waals surface area (Å²) in [6, 6.07) is 21.5. The van der Waals surface area contributed by atoms with Crippen molar-refractivity contribution < 1.29 is 28.2 Å². The number of carboxylic acids is 2. The van der Waals surface area contributed by atoms with Gasteiger partial charge in [0.1, 0.15) is 12.2 Å². The van der Waals surface area contributed by atoms with Gasteiger partial charge in [0.05, 0.1) is 10.6 Å². The van der Waals surface area contributed by atoms with Crippen LogP contribution in [0.2, 0.25) is 0 Å². The number of sulfonamides is 1. The second-order valence-electron chi connectivity index (χ2n) is 7.62. The van der Waals surface area contributed by atoms with Crippen LogP contribution >= 0.6 is 0 Å². The van der Waals surface area contributed by atoms with Gasteiger partial charge >= 0.3 is 11.9 Å². The Hall–Kier alpha value is -4.11. The molecular formula is C25H22N2O6S. The molecule has 0 aliphatic heterocycles. The number of carbonyl (C=O) groups is 2. The average molecular weight is 479 g/mol. The van der Waals surface area contributed by atoms with E-state index < -0.39 is 28.5 Å². The molecule has 0 unspecified atom stereocenters. The smallest absolute Gasteiger partial charge is 0.352 e. The van der Waals surface area contributed by atoms with E-state index >= 15 is 0 Å². The van der Waals surface area contributed by atoms with Gasteiger partial charge in [-0.25, -0.2) is 13.2 Å². The molecule has 0 aliphatic rings. The molecule has 3 aromatic carbocycles. The van der Waals surface area contributed by atoms with Gasteiger partial charge in [0, 0.05) is 17.8 Å². The fourth-order valence-corrected chi connectivity index (χ4v) is 5.40. The zero-order valence-corrected chi connectivity index (χ0v) is 19.1. The summed E-state index contributed by atoms with van der Waals surface area (Å²) in [6.45, 7) is 1.43. The normalized spacial score (nSPS) is 11.4. The molecule has 1 heterocycles. The SMILES string of the molecule is CCn1c(C(=O)O)ccc1-c1cccc(N(CC(=O)O)S(=O)(=O)c2ccc3ccccc3c2)c1. The topological polar surface area (TPSA) is 117 Å². The lowest BCUT2D eigenvalue weighted by atomic mass is 10.1. The highest BCUT2D eigenvalue weighted by Crippen LogP contribution is 2.31. The van der Waals surface area contributed by atoms with E-state index in [4.69, 9.17) is 0 Å². The van der Waals surface area contributed by atoms with E-state index in [-0.39, 0.29) is 16.3 Å². The first kappa shape index (κ1) is 23.1. The number of carboxylic acid groups (broad SMARTS) is 2. The molecule has 174 valence electrons. The molecule has 34 heavy (non-hydrogen) atoms. The highest BCUT2D eigenvalue weighted by atomic mass is 32.2. The van der Waals surface area contributed by atoms with E-state index in [0.29, 0.717) is 17.8 Å². The molecule has 0 amide bonds. The third-order valence-corrected chi connectivity index (χ3v) is 7.30. The first-order valence-corrected chi connectivity index (χ1v) is 11.9. The van der Waals surface area contributed by atoms with E-state index in [2.05, 4.69) is 0 Å². The molecule has 0 aliphatic carbocycles. The Balaban J connectivity index is 1.82. The number of benzene rings is 3. The fraction of sp³-hybridized carbons (Fsp3) is 0.120. The molecule has 9 heteroatoms. The van der Waals surface area contributed by atoms with E-state index in [1.807, 2.05) is 12.1 Å². The van der Waals surface area contributed by atoms with E-state index in [1.165, 1.54) is 24.3 Å². The van der Waals surface area contributed by atoms with Crippen molar-refractivity contribution >= 4 is 38.4 Å². The summed E-state index contributed by atoms with van der Waals surface area (Å²) in [5, 5.41) is 20.5. The van der Waals surface area contributed by atoms with Crippen molar-refractivity contribution in [2.24, 2.45) is 0 Å². The maximum absolute atomic E-state index is 13.6. The second-order valence-corrected chi connectivity index (χ2v) is 9.48. The molecule has 0 radical (unpaired) electrons.